The number of hydrogen-bond donors (Lipinski definition) is 1. The standard InChI is InChI=1S/C15H22BrN3O/c1-12(13-3-5-14(16)6-4-13)17-15(20)11-19-9-7-18(2)8-10-19/h3-6,12H,7-11H2,1-2H3,(H,17,20)/t12-/m0/s1. The summed E-state index contributed by atoms with van der Waals surface area (Å²) >= 11 is 3.42. The molecule has 1 aliphatic rings. The van der Waals surface area contributed by atoms with Crippen LogP contribution in [-0.2, 0) is 4.79 Å². The fourth-order valence-corrected chi connectivity index (χ4v) is 2.60. The average Bonchev–Trinajstić information content (AvgIpc) is 2.42. The summed E-state index contributed by atoms with van der Waals surface area (Å²) in [4.78, 5) is 16.6. The monoisotopic (exact) mass is 339 g/mol. The lowest BCUT2D eigenvalue weighted by Gasteiger charge is -2.32. The van der Waals surface area contributed by atoms with E-state index in [1.165, 1.54) is 0 Å². The third kappa shape index (κ3) is 4.58. The van der Waals surface area contributed by atoms with Gasteiger partial charge in [-0.2, -0.15) is 0 Å². The Kier molecular flexibility index (Phi) is 5.57. The molecule has 0 bridgehead atoms. The summed E-state index contributed by atoms with van der Waals surface area (Å²) < 4.78 is 1.05. The zero-order chi connectivity index (χ0) is 14.5. The van der Waals surface area contributed by atoms with E-state index in [1.807, 2.05) is 31.2 Å². The Morgan fingerprint density at radius 2 is 1.85 bits per heavy atom. The minimum absolute atomic E-state index is 0.0445. The lowest BCUT2D eigenvalue weighted by atomic mass is 10.1. The number of carbonyl (C=O) groups excluding carboxylic acids is 1. The molecule has 4 nitrogen and oxygen atoms in total. The van der Waals surface area contributed by atoms with Crippen molar-refractivity contribution in [2.75, 3.05) is 39.8 Å². The molecule has 1 aromatic rings. The topological polar surface area (TPSA) is 35.6 Å². The van der Waals surface area contributed by atoms with Crippen molar-refractivity contribution in [2.45, 2.75) is 13.0 Å². The number of piperazine rings is 1. The highest BCUT2D eigenvalue weighted by atomic mass is 79.9. The van der Waals surface area contributed by atoms with Crippen LogP contribution in [0.25, 0.3) is 0 Å². The molecule has 1 aliphatic heterocycles. The third-order valence-electron chi connectivity index (χ3n) is 3.71. The van der Waals surface area contributed by atoms with Gasteiger partial charge < -0.3 is 10.2 Å². The van der Waals surface area contributed by atoms with Gasteiger partial charge in [0, 0.05) is 30.7 Å². The predicted octanol–water partition coefficient (Wildman–Crippen LogP) is 1.87. The van der Waals surface area contributed by atoms with Gasteiger partial charge in [0.25, 0.3) is 0 Å². The van der Waals surface area contributed by atoms with Gasteiger partial charge >= 0.3 is 0 Å². The number of likely N-dealkylation sites (N-methyl/N-ethyl adjacent to an activating group) is 1. The highest BCUT2D eigenvalue weighted by molar-refractivity contribution is 9.10. The zero-order valence-electron chi connectivity index (χ0n) is 12.1. The van der Waals surface area contributed by atoms with E-state index in [4.69, 9.17) is 0 Å². The Labute approximate surface area is 129 Å². The minimum atomic E-state index is 0.0445. The third-order valence-corrected chi connectivity index (χ3v) is 4.24. The highest BCUT2D eigenvalue weighted by Gasteiger charge is 2.17. The fourth-order valence-electron chi connectivity index (χ4n) is 2.33. The van der Waals surface area contributed by atoms with Gasteiger partial charge in [0.15, 0.2) is 0 Å². The normalized spacial score (nSPS) is 18.8. The molecule has 0 spiro atoms. The van der Waals surface area contributed by atoms with E-state index in [1.54, 1.807) is 0 Å². The van der Waals surface area contributed by atoms with E-state index < -0.39 is 0 Å². The molecular formula is C15H22BrN3O. The number of rotatable bonds is 4. The van der Waals surface area contributed by atoms with Crippen molar-refractivity contribution in [1.29, 1.82) is 0 Å². The minimum Gasteiger partial charge on any atom is -0.348 e. The summed E-state index contributed by atoms with van der Waals surface area (Å²) in [6.07, 6.45) is 0. The molecule has 110 valence electrons. The van der Waals surface area contributed by atoms with Crippen LogP contribution < -0.4 is 5.32 Å². The molecule has 0 unspecified atom stereocenters. The molecule has 5 heteroatoms. The van der Waals surface area contributed by atoms with Crippen molar-refractivity contribution >= 4 is 21.8 Å². The smallest absolute Gasteiger partial charge is 0.234 e. The number of amides is 1. The van der Waals surface area contributed by atoms with Crippen LogP contribution in [0.15, 0.2) is 28.7 Å². The summed E-state index contributed by atoms with van der Waals surface area (Å²) in [5, 5.41) is 3.06. The van der Waals surface area contributed by atoms with Crippen LogP contribution in [0.2, 0.25) is 0 Å². The van der Waals surface area contributed by atoms with Crippen molar-refractivity contribution in [3.63, 3.8) is 0 Å². The average molecular weight is 340 g/mol. The second-order valence-corrected chi connectivity index (χ2v) is 6.34. The van der Waals surface area contributed by atoms with Gasteiger partial charge in [0.05, 0.1) is 12.6 Å². The number of nitrogens with zero attached hydrogens (tertiary/aromatic N) is 2. The van der Waals surface area contributed by atoms with Crippen molar-refractivity contribution < 1.29 is 4.79 Å². The summed E-state index contributed by atoms with van der Waals surface area (Å²) in [5.74, 6) is 0.102. The molecule has 0 saturated carbocycles. The van der Waals surface area contributed by atoms with Crippen LogP contribution in [-0.4, -0.2) is 55.5 Å². The van der Waals surface area contributed by atoms with E-state index in [-0.39, 0.29) is 11.9 Å². The van der Waals surface area contributed by atoms with Crippen molar-refractivity contribution in [1.82, 2.24) is 15.1 Å². The van der Waals surface area contributed by atoms with E-state index in [9.17, 15) is 4.79 Å². The summed E-state index contributed by atoms with van der Waals surface area (Å²) in [6, 6.07) is 8.11. The van der Waals surface area contributed by atoms with E-state index in [0.717, 1.165) is 36.2 Å². The summed E-state index contributed by atoms with van der Waals surface area (Å²) in [6.45, 7) is 6.53. The maximum Gasteiger partial charge on any atom is 0.234 e. The number of halogens is 1. The second-order valence-electron chi connectivity index (χ2n) is 5.42. The predicted molar refractivity (Wildman–Crippen MR) is 84.6 cm³/mol. The maximum atomic E-state index is 12.1. The molecule has 1 atom stereocenters. The van der Waals surface area contributed by atoms with Crippen molar-refractivity contribution in [2.24, 2.45) is 0 Å². The first-order chi connectivity index (χ1) is 9.54. The first-order valence-corrected chi connectivity index (χ1v) is 7.79. The molecule has 1 fully saturated rings. The van der Waals surface area contributed by atoms with Crippen LogP contribution in [0.5, 0.6) is 0 Å². The molecule has 0 aromatic heterocycles. The molecule has 0 aliphatic carbocycles. The van der Waals surface area contributed by atoms with E-state index in [2.05, 4.69) is 38.1 Å². The van der Waals surface area contributed by atoms with Crippen LogP contribution in [0.3, 0.4) is 0 Å². The Morgan fingerprint density at radius 3 is 2.45 bits per heavy atom. The van der Waals surface area contributed by atoms with Crippen LogP contribution in [0.1, 0.15) is 18.5 Å². The first kappa shape index (κ1) is 15.5. The van der Waals surface area contributed by atoms with Gasteiger partial charge in [0.1, 0.15) is 0 Å². The largest absolute Gasteiger partial charge is 0.348 e. The quantitative estimate of drug-likeness (QED) is 0.909. The first-order valence-electron chi connectivity index (χ1n) is 7.00. The molecular weight excluding hydrogens is 318 g/mol. The number of nitrogens with one attached hydrogen (secondary N) is 1. The lowest BCUT2D eigenvalue weighted by molar-refractivity contribution is -0.123. The Bertz CT molecular complexity index is 441. The van der Waals surface area contributed by atoms with Gasteiger partial charge in [-0.15, -0.1) is 0 Å². The molecule has 1 heterocycles. The van der Waals surface area contributed by atoms with Gasteiger partial charge in [-0.25, -0.2) is 0 Å². The molecule has 1 amide bonds. The van der Waals surface area contributed by atoms with E-state index in [0.29, 0.717) is 6.54 Å². The van der Waals surface area contributed by atoms with Crippen molar-refractivity contribution in [3.8, 4) is 0 Å². The molecule has 1 N–H and O–H groups in total. The van der Waals surface area contributed by atoms with Gasteiger partial charge in [0.2, 0.25) is 5.91 Å². The molecule has 1 saturated heterocycles. The highest BCUT2D eigenvalue weighted by Crippen LogP contribution is 2.16. The summed E-state index contributed by atoms with van der Waals surface area (Å²) in [5.41, 5.74) is 1.12. The lowest BCUT2D eigenvalue weighted by Crippen LogP contribution is -2.48. The van der Waals surface area contributed by atoms with Gasteiger partial charge in [-0.1, -0.05) is 28.1 Å². The van der Waals surface area contributed by atoms with Gasteiger partial charge in [-0.3, -0.25) is 9.69 Å². The molecule has 0 radical (unpaired) electrons. The maximum absolute atomic E-state index is 12.1. The zero-order valence-corrected chi connectivity index (χ0v) is 13.7. The van der Waals surface area contributed by atoms with Crippen LogP contribution in [0.4, 0.5) is 0 Å². The number of hydrogen-bond acceptors (Lipinski definition) is 3. The number of carbonyl (C=O) groups is 1. The second kappa shape index (κ2) is 7.20. The number of benzene rings is 1. The summed E-state index contributed by atoms with van der Waals surface area (Å²) in [7, 11) is 2.12. The molecule has 20 heavy (non-hydrogen) atoms. The molecule has 2 rings (SSSR count). The fraction of sp³-hybridized carbons (Fsp3) is 0.533. The van der Waals surface area contributed by atoms with E-state index >= 15 is 0 Å². The van der Waals surface area contributed by atoms with Gasteiger partial charge in [-0.05, 0) is 31.7 Å². The molecule has 1 aromatic carbocycles. The Morgan fingerprint density at radius 1 is 1.25 bits per heavy atom. The Balaban J connectivity index is 1.80. The SMILES string of the molecule is C[C@H](NC(=O)CN1CCN(C)CC1)c1ccc(Br)cc1. The van der Waals surface area contributed by atoms with Crippen LogP contribution in [0, 0.1) is 0 Å². The Hall–Kier alpha value is -0.910. The van der Waals surface area contributed by atoms with Crippen LogP contribution >= 0.6 is 15.9 Å². The van der Waals surface area contributed by atoms with Crippen molar-refractivity contribution in [3.05, 3.63) is 34.3 Å².